The summed E-state index contributed by atoms with van der Waals surface area (Å²) < 4.78 is 0. The predicted octanol–water partition coefficient (Wildman–Crippen LogP) is 2.73. The van der Waals surface area contributed by atoms with Crippen LogP contribution in [-0.4, -0.2) is 29.6 Å². The van der Waals surface area contributed by atoms with Gasteiger partial charge in [-0.15, -0.1) is 0 Å². The third kappa shape index (κ3) is 7.34. The zero-order valence-corrected chi connectivity index (χ0v) is 15.0. The van der Waals surface area contributed by atoms with E-state index in [2.05, 4.69) is 16.0 Å². The molecule has 1 rings (SSSR count). The number of anilines is 1. The van der Waals surface area contributed by atoms with Crippen molar-refractivity contribution in [1.29, 1.82) is 0 Å². The van der Waals surface area contributed by atoms with Crippen LogP contribution >= 0.6 is 11.6 Å². The molecule has 5 N–H and O–H groups in total. The minimum absolute atomic E-state index is 0.282. The van der Waals surface area contributed by atoms with Crippen molar-refractivity contribution < 1.29 is 9.59 Å². The Balaban J connectivity index is 2.83. The fourth-order valence-corrected chi connectivity index (χ4v) is 1.89. The van der Waals surface area contributed by atoms with Crippen LogP contribution < -0.4 is 21.7 Å². The summed E-state index contributed by atoms with van der Waals surface area (Å²) in [4.78, 5) is 24.1. The molecule has 0 radical (unpaired) electrons. The number of hydrogen-bond acceptors (Lipinski definition) is 3. The van der Waals surface area contributed by atoms with Gasteiger partial charge in [0.2, 0.25) is 0 Å². The number of nitrogens with two attached hydrogens (primary N) is 1. The lowest BCUT2D eigenvalue weighted by Crippen LogP contribution is -2.45. The fraction of sp³-hybridized carbons (Fsp3) is 0.500. The van der Waals surface area contributed by atoms with Crippen molar-refractivity contribution in [2.45, 2.75) is 45.7 Å². The van der Waals surface area contributed by atoms with Crippen LogP contribution in [0.3, 0.4) is 0 Å². The van der Waals surface area contributed by atoms with E-state index in [0.717, 1.165) is 0 Å². The van der Waals surface area contributed by atoms with Gasteiger partial charge in [0, 0.05) is 23.3 Å². The Labute approximate surface area is 142 Å². The number of nitrogens with one attached hydrogen (secondary N) is 3. The van der Waals surface area contributed by atoms with E-state index in [4.69, 9.17) is 17.3 Å². The number of amides is 3. The molecule has 0 unspecified atom stereocenters. The van der Waals surface area contributed by atoms with Gasteiger partial charge in [-0.3, -0.25) is 4.79 Å². The number of rotatable bonds is 4. The minimum Gasteiger partial charge on any atom is -0.350 e. The van der Waals surface area contributed by atoms with Gasteiger partial charge in [-0.2, -0.15) is 0 Å². The van der Waals surface area contributed by atoms with E-state index in [1.165, 1.54) is 6.07 Å². The van der Waals surface area contributed by atoms with E-state index >= 15 is 0 Å². The zero-order valence-electron chi connectivity index (χ0n) is 14.2. The molecule has 3 amide bonds. The number of carbonyl (C=O) groups excluding carboxylic acids is 2. The summed E-state index contributed by atoms with van der Waals surface area (Å²) in [5.74, 6) is -0.339. The molecule has 0 aliphatic rings. The third-order valence-electron chi connectivity index (χ3n) is 2.66. The second kappa shape index (κ2) is 7.19. The molecule has 128 valence electrons. The van der Waals surface area contributed by atoms with Gasteiger partial charge < -0.3 is 21.7 Å². The molecule has 7 heteroatoms. The van der Waals surface area contributed by atoms with Crippen LogP contribution in [0.2, 0.25) is 5.02 Å². The topological polar surface area (TPSA) is 96.2 Å². The second-order valence-corrected chi connectivity index (χ2v) is 7.60. The van der Waals surface area contributed by atoms with Crippen molar-refractivity contribution in [3.8, 4) is 0 Å². The Morgan fingerprint density at radius 1 is 1.17 bits per heavy atom. The summed E-state index contributed by atoms with van der Waals surface area (Å²) in [6.45, 7) is 9.56. The lowest BCUT2D eigenvalue weighted by Gasteiger charge is -2.21. The Kier molecular flexibility index (Phi) is 6.02. The molecule has 0 saturated carbocycles. The molecule has 23 heavy (non-hydrogen) atoms. The van der Waals surface area contributed by atoms with Crippen LogP contribution in [0.4, 0.5) is 10.5 Å². The molecule has 1 aromatic rings. The van der Waals surface area contributed by atoms with Gasteiger partial charge in [0.15, 0.2) is 0 Å². The summed E-state index contributed by atoms with van der Waals surface area (Å²) in [6.07, 6.45) is 0. The number of halogens is 1. The molecular formula is C16H25ClN4O2. The molecule has 0 heterocycles. The SMILES string of the molecule is CC(C)(N)CNC(=O)c1cc(NC(=O)NC(C)(C)C)ccc1Cl. The van der Waals surface area contributed by atoms with Gasteiger partial charge in [-0.25, -0.2) is 4.79 Å². The summed E-state index contributed by atoms with van der Waals surface area (Å²) in [5.41, 5.74) is 5.72. The first-order valence-electron chi connectivity index (χ1n) is 7.33. The van der Waals surface area contributed by atoms with Crippen LogP contribution in [0.1, 0.15) is 45.0 Å². The van der Waals surface area contributed by atoms with E-state index < -0.39 is 5.54 Å². The average molecular weight is 341 g/mol. The largest absolute Gasteiger partial charge is 0.350 e. The normalized spacial score (nSPS) is 11.8. The fourth-order valence-electron chi connectivity index (χ4n) is 1.68. The maximum absolute atomic E-state index is 12.2. The van der Waals surface area contributed by atoms with Crippen molar-refractivity contribution in [3.63, 3.8) is 0 Å². The molecule has 0 aliphatic heterocycles. The van der Waals surface area contributed by atoms with Crippen molar-refractivity contribution in [3.05, 3.63) is 28.8 Å². The van der Waals surface area contributed by atoms with E-state index in [1.807, 2.05) is 34.6 Å². The van der Waals surface area contributed by atoms with Gasteiger partial charge in [0.1, 0.15) is 0 Å². The van der Waals surface area contributed by atoms with Gasteiger partial charge in [0.05, 0.1) is 10.6 Å². The first-order chi connectivity index (χ1) is 10.4. The molecule has 6 nitrogen and oxygen atoms in total. The third-order valence-corrected chi connectivity index (χ3v) is 2.99. The molecular weight excluding hydrogens is 316 g/mol. The smallest absolute Gasteiger partial charge is 0.319 e. The number of hydrogen-bond donors (Lipinski definition) is 4. The zero-order chi connectivity index (χ0) is 17.8. The van der Waals surface area contributed by atoms with Gasteiger partial charge in [0.25, 0.3) is 5.91 Å². The summed E-state index contributed by atoms with van der Waals surface area (Å²) >= 11 is 6.06. The molecule has 1 aromatic carbocycles. The van der Waals surface area contributed by atoms with Crippen LogP contribution in [0.25, 0.3) is 0 Å². The second-order valence-electron chi connectivity index (χ2n) is 7.20. The predicted molar refractivity (Wildman–Crippen MR) is 94.0 cm³/mol. The highest BCUT2D eigenvalue weighted by atomic mass is 35.5. The van der Waals surface area contributed by atoms with Crippen molar-refractivity contribution >= 4 is 29.2 Å². The van der Waals surface area contributed by atoms with Gasteiger partial charge in [-0.05, 0) is 52.8 Å². The Hall–Kier alpha value is -1.79. The monoisotopic (exact) mass is 340 g/mol. The average Bonchev–Trinajstić information content (AvgIpc) is 2.35. The van der Waals surface area contributed by atoms with Crippen molar-refractivity contribution in [1.82, 2.24) is 10.6 Å². The van der Waals surface area contributed by atoms with Gasteiger partial charge in [-0.1, -0.05) is 11.6 Å². The first-order valence-corrected chi connectivity index (χ1v) is 7.71. The van der Waals surface area contributed by atoms with E-state index in [-0.39, 0.29) is 23.0 Å². The highest BCUT2D eigenvalue weighted by molar-refractivity contribution is 6.34. The summed E-state index contributed by atoms with van der Waals surface area (Å²) in [7, 11) is 0. The quantitative estimate of drug-likeness (QED) is 0.678. The molecule has 0 atom stereocenters. The standard InChI is InChI=1S/C16H25ClN4O2/c1-15(2,3)21-14(23)20-10-6-7-12(17)11(8-10)13(22)19-9-16(4,5)18/h6-8H,9,18H2,1-5H3,(H,19,22)(H2,20,21,23). The highest BCUT2D eigenvalue weighted by Gasteiger charge is 2.17. The number of benzene rings is 1. The van der Waals surface area contributed by atoms with Crippen molar-refractivity contribution in [2.75, 3.05) is 11.9 Å². The van der Waals surface area contributed by atoms with Crippen molar-refractivity contribution in [2.24, 2.45) is 5.73 Å². The lowest BCUT2D eigenvalue weighted by atomic mass is 10.1. The molecule has 0 saturated heterocycles. The number of carbonyl (C=O) groups is 2. The summed E-state index contributed by atoms with van der Waals surface area (Å²) in [6, 6.07) is 4.38. The van der Waals surface area contributed by atoms with Gasteiger partial charge >= 0.3 is 6.03 Å². The van der Waals surface area contributed by atoms with Crippen LogP contribution in [-0.2, 0) is 0 Å². The molecule has 0 bridgehead atoms. The Bertz CT molecular complexity index is 589. The number of urea groups is 1. The maximum Gasteiger partial charge on any atom is 0.319 e. The van der Waals surface area contributed by atoms with Crippen LogP contribution in [0.5, 0.6) is 0 Å². The molecule has 0 aromatic heterocycles. The summed E-state index contributed by atoms with van der Waals surface area (Å²) in [5, 5.41) is 8.48. The highest BCUT2D eigenvalue weighted by Crippen LogP contribution is 2.21. The molecule has 0 aliphatic carbocycles. The first kappa shape index (κ1) is 19.3. The lowest BCUT2D eigenvalue weighted by molar-refractivity contribution is 0.0946. The maximum atomic E-state index is 12.2. The van der Waals surface area contributed by atoms with Crippen LogP contribution in [0.15, 0.2) is 18.2 Å². The van der Waals surface area contributed by atoms with E-state index in [1.54, 1.807) is 12.1 Å². The Morgan fingerprint density at radius 2 is 1.78 bits per heavy atom. The van der Waals surface area contributed by atoms with Crippen LogP contribution in [0, 0.1) is 0 Å². The molecule has 0 fully saturated rings. The minimum atomic E-state index is -0.523. The molecule has 0 spiro atoms. The van der Waals surface area contributed by atoms with E-state index in [9.17, 15) is 9.59 Å². The Morgan fingerprint density at radius 3 is 2.30 bits per heavy atom. The van der Waals surface area contributed by atoms with E-state index in [0.29, 0.717) is 17.3 Å².